The maximum absolute atomic E-state index is 12.9. The van der Waals surface area contributed by atoms with E-state index >= 15 is 0 Å². The van der Waals surface area contributed by atoms with Gasteiger partial charge in [0.15, 0.2) is 0 Å². The van der Waals surface area contributed by atoms with Gasteiger partial charge in [-0.05, 0) is 36.4 Å². The van der Waals surface area contributed by atoms with Crippen molar-refractivity contribution in [1.29, 1.82) is 0 Å². The Balaban J connectivity index is 1.47. The quantitative estimate of drug-likeness (QED) is 0.488. The predicted octanol–water partition coefficient (Wildman–Crippen LogP) is 2.05. The van der Waals surface area contributed by atoms with Gasteiger partial charge in [0.1, 0.15) is 0 Å². The second-order valence-corrected chi connectivity index (χ2v) is 9.10. The molecule has 2 aromatic heterocycles. The Kier molecular flexibility index (Phi) is 4.48. The van der Waals surface area contributed by atoms with E-state index in [1.54, 1.807) is 30.3 Å². The second-order valence-electron chi connectivity index (χ2n) is 7.15. The second kappa shape index (κ2) is 7.19. The molecule has 1 aliphatic rings. The fraction of sp³-hybridized carbons (Fsp3) is 0.190. The number of hydrogen-bond donors (Lipinski definition) is 0. The minimum Gasteiger partial charge on any atom is -0.377 e. The lowest BCUT2D eigenvalue weighted by Crippen LogP contribution is -2.31. The van der Waals surface area contributed by atoms with Crippen LogP contribution in [0.3, 0.4) is 0 Å². The van der Waals surface area contributed by atoms with E-state index in [4.69, 9.17) is 4.74 Å². The third-order valence-electron chi connectivity index (χ3n) is 5.16. The van der Waals surface area contributed by atoms with Crippen LogP contribution in [0.25, 0.3) is 10.8 Å². The fourth-order valence-corrected chi connectivity index (χ4v) is 4.69. The highest BCUT2D eigenvalue weighted by atomic mass is 32.2. The lowest BCUT2D eigenvalue weighted by atomic mass is 10.2. The van der Waals surface area contributed by atoms with Crippen molar-refractivity contribution < 1.29 is 13.2 Å². The lowest BCUT2D eigenvalue weighted by Gasteiger charge is -2.25. The van der Waals surface area contributed by atoms with Gasteiger partial charge in [-0.25, -0.2) is 13.1 Å². The summed E-state index contributed by atoms with van der Waals surface area (Å²) in [7, 11) is -3.66. The molecule has 0 amide bonds. The Morgan fingerprint density at radius 1 is 1.03 bits per heavy atom. The van der Waals surface area contributed by atoms with E-state index in [1.807, 2.05) is 16.9 Å². The maximum atomic E-state index is 12.9. The molecule has 3 heterocycles. The lowest BCUT2D eigenvalue weighted by molar-refractivity contribution is -0.0288. The third-order valence-corrected chi connectivity index (χ3v) is 6.93. The molecule has 2 aromatic carbocycles. The summed E-state index contributed by atoms with van der Waals surface area (Å²) in [5.41, 5.74) is 0.428. The summed E-state index contributed by atoms with van der Waals surface area (Å²) in [4.78, 5) is 13.2. The van der Waals surface area contributed by atoms with Crippen molar-refractivity contribution in [1.82, 2.24) is 19.6 Å². The molecule has 0 unspecified atom stereocenters. The smallest absolute Gasteiger partial charge is 0.274 e. The van der Waals surface area contributed by atoms with E-state index in [2.05, 4.69) is 10.2 Å². The van der Waals surface area contributed by atoms with Crippen LogP contribution in [0.1, 0.15) is 11.7 Å². The van der Waals surface area contributed by atoms with Gasteiger partial charge in [-0.2, -0.15) is 10.2 Å². The van der Waals surface area contributed by atoms with Gasteiger partial charge in [0.25, 0.3) is 5.56 Å². The van der Waals surface area contributed by atoms with Gasteiger partial charge in [-0.1, -0.05) is 18.2 Å². The maximum Gasteiger partial charge on any atom is 0.274 e. The first kappa shape index (κ1) is 18.7. The van der Waals surface area contributed by atoms with Crippen molar-refractivity contribution >= 4 is 20.6 Å². The van der Waals surface area contributed by atoms with Crippen LogP contribution in [0, 0.1) is 0 Å². The van der Waals surface area contributed by atoms with Crippen molar-refractivity contribution in [2.24, 2.45) is 0 Å². The molecule has 1 aliphatic heterocycles. The van der Waals surface area contributed by atoms with E-state index < -0.39 is 9.84 Å². The van der Waals surface area contributed by atoms with Crippen LogP contribution >= 0.6 is 0 Å². The molecule has 30 heavy (non-hydrogen) atoms. The highest BCUT2D eigenvalue weighted by Crippen LogP contribution is 2.23. The fourth-order valence-electron chi connectivity index (χ4n) is 3.38. The molecule has 9 heteroatoms. The van der Waals surface area contributed by atoms with Crippen LogP contribution in [0.2, 0.25) is 0 Å². The van der Waals surface area contributed by atoms with Gasteiger partial charge >= 0.3 is 0 Å². The van der Waals surface area contributed by atoms with Crippen LogP contribution in [0.4, 0.5) is 0 Å². The molecule has 0 N–H and O–H groups in total. The Hall–Kier alpha value is -3.30. The molecule has 0 saturated carbocycles. The van der Waals surface area contributed by atoms with Gasteiger partial charge in [0.2, 0.25) is 9.84 Å². The molecule has 0 atom stereocenters. The van der Waals surface area contributed by atoms with Crippen LogP contribution in [-0.4, -0.2) is 41.2 Å². The summed E-state index contributed by atoms with van der Waals surface area (Å²) < 4.78 is 34.0. The number of ether oxygens (including phenoxy) is 1. The van der Waals surface area contributed by atoms with E-state index in [0.717, 1.165) is 5.69 Å². The van der Waals surface area contributed by atoms with Gasteiger partial charge in [-0.15, -0.1) is 0 Å². The van der Waals surface area contributed by atoms with E-state index in [-0.39, 0.29) is 27.9 Å². The Bertz CT molecular complexity index is 1390. The molecular formula is C21H18N4O4S. The predicted molar refractivity (Wildman–Crippen MR) is 109 cm³/mol. The first-order chi connectivity index (χ1) is 14.5. The van der Waals surface area contributed by atoms with Gasteiger partial charge in [-0.3, -0.25) is 9.48 Å². The zero-order chi connectivity index (χ0) is 20.7. The van der Waals surface area contributed by atoms with Crippen LogP contribution in [0.5, 0.6) is 0 Å². The molecule has 8 nitrogen and oxygen atoms in total. The molecule has 0 aliphatic carbocycles. The average molecular weight is 422 g/mol. The molecular weight excluding hydrogens is 404 g/mol. The van der Waals surface area contributed by atoms with Crippen molar-refractivity contribution in [3.05, 3.63) is 83.0 Å². The normalized spacial score (nSPS) is 14.7. The number of nitrogens with zero attached hydrogens (tertiary/aromatic N) is 4. The van der Waals surface area contributed by atoms with Gasteiger partial charge < -0.3 is 4.74 Å². The van der Waals surface area contributed by atoms with Gasteiger partial charge in [0.05, 0.1) is 52.9 Å². The van der Waals surface area contributed by atoms with Crippen LogP contribution in [0.15, 0.2) is 81.6 Å². The topological polar surface area (TPSA) is 96.1 Å². The Labute approximate surface area is 172 Å². The Morgan fingerprint density at radius 2 is 1.83 bits per heavy atom. The van der Waals surface area contributed by atoms with E-state index in [9.17, 15) is 13.2 Å². The van der Waals surface area contributed by atoms with Crippen molar-refractivity contribution in [2.45, 2.75) is 22.4 Å². The minimum absolute atomic E-state index is 0.126. The SMILES string of the molecule is O=c1c2ccc(S(=O)(=O)c3ccccc3)cc2cnn1Cc1ccn(C2COC2)n1. The van der Waals surface area contributed by atoms with Crippen LogP contribution < -0.4 is 5.56 Å². The number of benzene rings is 2. The first-order valence-corrected chi connectivity index (χ1v) is 10.9. The summed E-state index contributed by atoms with van der Waals surface area (Å²) in [6, 6.07) is 14.8. The standard InChI is InChI=1S/C21H18N4O4S/c26-21-20-7-6-19(30(27,28)18-4-2-1-3-5-18)10-15(20)11-22-25(21)12-16-8-9-24(23-16)17-13-29-14-17/h1-11,17H,12-14H2. The molecule has 0 bridgehead atoms. The highest BCUT2D eigenvalue weighted by Gasteiger charge is 2.21. The van der Waals surface area contributed by atoms with Crippen molar-refractivity contribution in [3.63, 3.8) is 0 Å². The van der Waals surface area contributed by atoms with Gasteiger partial charge in [0, 0.05) is 11.6 Å². The van der Waals surface area contributed by atoms with E-state index in [1.165, 1.54) is 29.1 Å². The van der Waals surface area contributed by atoms with Crippen molar-refractivity contribution in [2.75, 3.05) is 13.2 Å². The molecule has 152 valence electrons. The highest BCUT2D eigenvalue weighted by molar-refractivity contribution is 7.91. The number of rotatable bonds is 5. The average Bonchev–Trinajstić information content (AvgIpc) is 3.17. The summed E-state index contributed by atoms with van der Waals surface area (Å²) >= 11 is 0. The number of hydrogen-bond acceptors (Lipinski definition) is 6. The summed E-state index contributed by atoms with van der Waals surface area (Å²) in [5.74, 6) is 0. The summed E-state index contributed by atoms with van der Waals surface area (Å²) in [5, 5.41) is 9.59. The van der Waals surface area contributed by atoms with Crippen molar-refractivity contribution in [3.8, 4) is 0 Å². The number of fused-ring (bicyclic) bond motifs is 1. The number of sulfone groups is 1. The molecule has 0 spiro atoms. The summed E-state index contributed by atoms with van der Waals surface area (Å²) in [6.07, 6.45) is 3.38. The zero-order valence-corrected chi connectivity index (χ0v) is 16.7. The molecule has 4 aromatic rings. The minimum atomic E-state index is -3.66. The molecule has 0 radical (unpaired) electrons. The largest absolute Gasteiger partial charge is 0.377 e. The molecule has 5 rings (SSSR count). The number of aromatic nitrogens is 4. The zero-order valence-electron chi connectivity index (χ0n) is 15.9. The van der Waals surface area contributed by atoms with Crippen LogP contribution in [-0.2, 0) is 21.1 Å². The van der Waals surface area contributed by atoms with E-state index in [0.29, 0.717) is 24.0 Å². The summed E-state index contributed by atoms with van der Waals surface area (Å²) in [6.45, 7) is 1.52. The Morgan fingerprint density at radius 3 is 2.57 bits per heavy atom. The molecule has 1 fully saturated rings. The molecule has 1 saturated heterocycles. The first-order valence-electron chi connectivity index (χ1n) is 9.44. The monoisotopic (exact) mass is 422 g/mol. The third kappa shape index (κ3) is 3.21.